The molecule has 0 radical (unpaired) electrons. The van der Waals surface area contributed by atoms with Crippen molar-refractivity contribution in [1.29, 1.82) is 0 Å². The fraction of sp³-hybridized carbons (Fsp3) is 0.452. The molecule has 1 fully saturated rings. The SMILES string of the molecule is CC1(C)SCN(C(=O)C(O)C(Cc2ccccc2)NC(=O)c2cccc3c2CCN3)C1C(=O)NC1C=CCCC1. The average molecular weight is 563 g/mol. The third kappa shape index (κ3) is 6.05. The van der Waals surface area contributed by atoms with Crippen molar-refractivity contribution in [2.24, 2.45) is 0 Å². The van der Waals surface area contributed by atoms with Gasteiger partial charge in [-0.15, -0.1) is 11.8 Å². The maximum atomic E-state index is 13.9. The lowest BCUT2D eigenvalue weighted by molar-refractivity contribution is -0.147. The number of rotatable bonds is 8. The van der Waals surface area contributed by atoms with Crippen LogP contribution in [0.15, 0.2) is 60.7 Å². The first-order valence-corrected chi connectivity index (χ1v) is 15.0. The molecular formula is C31H38N4O4S. The molecule has 4 unspecified atom stereocenters. The number of carbonyl (C=O) groups is 3. The quantitative estimate of drug-likeness (QED) is 0.368. The van der Waals surface area contributed by atoms with Crippen LogP contribution < -0.4 is 16.0 Å². The van der Waals surface area contributed by atoms with Crippen LogP contribution in [0.25, 0.3) is 0 Å². The molecule has 5 rings (SSSR count). The molecule has 0 saturated carbocycles. The Kier molecular flexibility index (Phi) is 8.51. The highest BCUT2D eigenvalue weighted by Gasteiger charge is 2.50. The number of anilines is 1. The number of allylic oxidation sites excluding steroid dienone is 1. The largest absolute Gasteiger partial charge is 0.384 e. The van der Waals surface area contributed by atoms with Crippen molar-refractivity contribution in [3.05, 3.63) is 77.4 Å². The smallest absolute Gasteiger partial charge is 0.254 e. The number of hydrogen-bond donors (Lipinski definition) is 4. The molecule has 3 amide bonds. The zero-order chi connectivity index (χ0) is 28.3. The first kappa shape index (κ1) is 28.2. The lowest BCUT2D eigenvalue weighted by Gasteiger charge is -2.34. The predicted molar refractivity (Wildman–Crippen MR) is 158 cm³/mol. The van der Waals surface area contributed by atoms with Crippen molar-refractivity contribution in [3.63, 3.8) is 0 Å². The van der Waals surface area contributed by atoms with Gasteiger partial charge in [-0.25, -0.2) is 0 Å². The van der Waals surface area contributed by atoms with Gasteiger partial charge in [0.1, 0.15) is 6.04 Å². The van der Waals surface area contributed by atoms with Crippen LogP contribution in [0.3, 0.4) is 0 Å². The maximum Gasteiger partial charge on any atom is 0.254 e. The van der Waals surface area contributed by atoms with Crippen LogP contribution in [0, 0.1) is 0 Å². The summed E-state index contributed by atoms with van der Waals surface area (Å²) in [5.41, 5.74) is 3.29. The van der Waals surface area contributed by atoms with Crippen LogP contribution in [-0.2, 0) is 22.4 Å². The van der Waals surface area contributed by atoms with E-state index in [2.05, 4.69) is 22.0 Å². The minimum Gasteiger partial charge on any atom is -0.384 e. The second-order valence-electron chi connectivity index (χ2n) is 11.3. The zero-order valence-electron chi connectivity index (χ0n) is 23.1. The molecule has 0 bridgehead atoms. The summed E-state index contributed by atoms with van der Waals surface area (Å²) in [4.78, 5) is 42.4. The fourth-order valence-electron chi connectivity index (χ4n) is 5.86. The van der Waals surface area contributed by atoms with Crippen LogP contribution in [0.4, 0.5) is 5.69 Å². The lowest BCUT2D eigenvalue weighted by atomic mass is 9.96. The van der Waals surface area contributed by atoms with Gasteiger partial charge in [-0.2, -0.15) is 0 Å². The van der Waals surface area contributed by atoms with Gasteiger partial charge in [0, 0.05) is 28.6 Å². The highest BCUT2D eigenvalue weighted by Crippen LogP contribution is 2.40. The van der Waals surface area contributed by atoms with E-state index in [0.29, 0.717) is 5.56 Å². The summed E-state index contributed by atoms with van der Waals surface area (Å²) in [5, 5.41) is 20.9. The highest BCUT2D eigenvalue weighted by molar-refractivity contribution is 8.00. The third-order valence-corrected chi connectivity index (χ3v) is 9.39. The molecule has 2 aliphatic heterocycles. The maximum absolute atomic E-state index is 13.9. The average Bonchev–Trinajstić information content (AvgIpc) is 3.56. The molecule has 2 aromatic carbocycles. The van der Waals surface area contributed by atoms with E-state index in [-0.39, 0.29) is 30.2 Å². The van der Waals surface area contributed by atoms with Gasteiger partial charge in [-0.05, 0) is 69.2 Å². The van der Waals surface area contributed by atoms with Crippen LogP contribution >= 0.6 is 11.8 Å². The Hall–Kier alpha value is -3.30. The summed E-state index contributed by atoms with van der Waals surface area (Å²) in [6, 6.07) is 13.3. The van der Waals surface area contributed by atoms with E-state index in [1.807, 2.05) is 62.4 Å². The topological polar surface area (TPSA) is 111 Å². The van der Waals surface area contributed by atoms with Crippen LogP contribution in [0.1, 0.15) is 54.6 Å². The van der Waals surface area contributed by atoms with Crippen LogP contribution in [0.2, 0.25) is 0 Å². The highest BCUT2D eigenvalue weighted by atomic mass is 32.2. The van der Waals surface area contributed by atoms with E-state index in [4.69, 9.17) is 0 Å². The van der Waals surface area contributed by atoms with E-state index in [9.17, 15) is 19.5 Å². The van der Waals surface area contributed by atoms with Crippen molar-refractivity contribution in [2.75, 3.05) is 17.7 Å². The van der Waals surface area contributed by atoms with Crippen molar-refractivity contribution in [3.8, 4) is 0 Å². The summed E-state index contributed by atoms with van der Waals surface area (Å²) in [7, 11) is 0. The second-order valence-corrected chi connectivity index (χ2v) is 12.9. The molecular weight excluding hydrogens is 524 g/mol. The van der Waals surface area contributed by atoms with Gasteiger partial charge in [-0.1, -0.05) is 48.6 Å². The fourth-order valence-corrected chi connectivity index (χ4v) is 7.00. The molecule has 4 N–H and O–H groups in total. The predicted octanol–water partition coefficient (Wildman–Crippen LogP) is 3.26. The van der Waals surface area contributed by atoms with E-state index in [1.165, 1.54) is 16.7 Å². The molecule has 40 heavy (non-hydrogen) atoms. The number of hydrogen-bond acceptors (Lipinski definition) is 6. The van der Waals surface area contributed by atoms with Gasteiger partial charge >= 0.3 is 0 Å². The summed E-state index contributed by atoms with van der Waals surface area (Å²) in [5.74, 6) is -0.824. The number of benzene rings is 2. The van der Waals surface area contributed by atoms with Gasteiger partial charge in [-0.3, -0.25) is 14.4 Å². The molecule has 212 valence electrons. The normalized spacial score (nSPS) is 22.6. The van der Waals surface area contributed by atoms with Gasteiger partial charge in [0.15, 0.2) is 6.10 Å². The number of amides is 3. The second kappa shape index (κ2) is 12.1. The molecule has 0 aromatic heterocycles. The number of carbonyl (C=O) groups excluding carboxylic acids is 3. The number of fused-ring (bicyclic) bond motifs is 1. The first-order chi connectivity index (χ1) is 19.2. The number of nitrogens with one attached hydrogen (secondary N) is 3. The Balaban J connectivity index is 1.37. The Morgan fingerprint density at radius 2 is 1.95 bits per heavy atom. The molecule has 3 aliphatic rings. The van der Waals surface area contributed by atoms with Gasteiger partial charge in [0.25, 0.3) is 11.8 Å². The van der Waals surface area contributed by atoms with E-state index >= 15 is 0 Å². The van der Waals surface area contributed by atoms with E-state index < -0.39 is 28.8 Å². The minimum atomic E-state index is -1.53. The van der Waals surface area contributed by atoms with Crippen LogP contribution in [-0.4, -0.2) is 69.1 Å². The summed E-state index contributed by atoms with van der Waals surface area (Å²) >= 11 is 1.51. The van der Waals surface area contributed by atoms with Gasteiger partial charge < -0.3 is 26.0 Å². The summed E-state index contributed by atoms with van der Waals surface area (Å²) < 4.78 is -0.534. The number of thioether (sulfide) groups is 1. The van der Waals surface area contributed by atoms with Crippen molar-refractivity contribution >= 4 is 35.2 Å². The Bertz CT molecular complexity index is 1280. The molecule has 4 atom stereocenters. The van der Waals surface area contributed by atoms with Crippen molar-refractivity contribution in [1.82, 2.24) is 15.5 Å². The van der Waals surface area contributed by atoms with E-state index in [1.54, 1.807) is 6.07 Å². The molecule has 9 heteroatoms. The summed E-state index contributed by atoms with van der Waals surface area (Å²) in [6.45, 7) is 4.66. The zero-order valence-corrected chi connectivity index (χ0v) is 23.9. The minimum absolute atomic E-state index is 0.0586. The Labute approximate surface area is 240 Å². The van der Waals surface area contributed by atoms with Crippen molar-refractivity contribution < 1.29 is 19.5 Å². The van der Waals surface area contributed by atoms with Crippen LogP contribution in [0.5, 0.6) is 0 Å². The summed E-state index contributed by atoms with van der Waals surface area (Å²) in [6.07, 6.45) is 6.43. The number of aliphatic hydroxyl groups is 1. The molecule has 2 heterocycles. The Morgan fingerprint density at radius 3 is 2.70 bits per heavy atom. The monoisotopic (exact) mass is 562 g/mol. The molecule has 1 saturated heterocycles. The van der Waals surface area contributed by atoms with E-state index in [0.717, 1.165) is 49.0 Å². The third-order valence-electron chi connectivity index (χ3n) is 8.02. The first-order valence-electron chi connectivity index (χ1n) is 14.0. The van der Waals surface area contributed by atoms with Gasteiger partial charge in [0.05, 0.1) is 11.9 Å². The standard InChI is InChI=1S/C31H38N4O4S/c1-31(2)27(29(38)33-21-12-7-4-8-13-21)35(19-40-31)30(39)26(36)25(18-20-10-5-3-6-11-20)34-28(37)23-14-9-15-24-22(23)16-17-32-24/h3,5-7,9-12,14-15,21,25-27,32,36H,4,8,13,16-19H2,1-2H3,(H,33,38)(H,34,37). The molecule has 1 aliphatic carbocycles. The number of nitrogens with zero attached hydrogens (tertiary/aromatic N) is 1. The molecule has 0 spiro atoms. The lowest BCUT2D eigenvalue weighted by Crippen LogP contribution is -2.59. The number of aliphatic hydroxyl groups excluding tert-OH is 1. The van der Waals surface area contributed by atoms with Crippen molar-refractivity contribution in [2.45, 2.75) is 74.9 Å². The Morgan fingerprint density at radius 1 is 1.15 bits per heavy atom. The van der Waals surface area contributed by atoms with Gasteiger partial charge in [0.2, 0.25) is 5.91 Å². The molecule has 2 aromatic rings. The molecule has 8 nitrogen and oxygen atoms in total.